The molecular weight excluding hydrogens is 253 g/mol. The van der Waals surface area contributed by atoms with Gasteiger partial charge >= 0.3 is 0 Å². The number of likely N-dealkylation sites (tertiary alicyclic amines) is 1. The number of halogens is 1. The second-order valence-corrected chi connectivity index (χ2v) is 5.58. The highest BCUT2D eigenvalue weighted by Gasteiger charge is 2.14. The molecule has 1 saturated heterocycles. The van der Waals surface area contributed by atoms with Gasteiger partial charge in [0.2, 0.25) is 0 Å². The highest BCUT2D eigenvalue weighted by Crippen LogP contribution is 2.18. The van der Waals surface area contributed by atoms with Gasteiger partial charge in [0.05, 0.1) is 5.69 Å². The molecule has 0 unspecified atom stereocenters. The van der Waals surface area contributed by atoms with E-state index in [1.807, 2.05) is 6.07 Å². The third kappa shape index (κ3) is 3.94. The Morgan fingerprint density at radius 3 is 2.85 bits per heavy atom. The quantitative estimate of drug-likeness (QED) is 0.839. The number of hydrogen-bond acceptors (Lipinski definition) is 3. The van der Waals surface area contributed by atoms with Crippen LogP contribution >= 0.6 is 0 Å². The highest BCUT2D eigenvalue weighted by molar-refractivity contribution is 5.57. The summed E-state index contributed by atoms with van der Waals surface area (Å²) in [7, 11) is 0. The lowest BCUT2D eigenvalue weighted by Gasteiger charge is -2.30. The number of nitriles is 1. The number of piperidine rings is 1. The lowest BCUT2D eigenvalue weighted by atomic mass is 9.99. The molecule has 0 bridgehead atoms. The number of benzene rings is 1. The lowest BCUT2D eigenvalue weighted by molar-refractivity contribution is 0.192. The SMILES string of the molecule is CC1CCN(CCCNc2cccc(F)c2C#N)CC1. The van der Waals surface area contributed by atoms with Crippen LogP contribution in [0.2, 0.25) is 0 Å². The second-order valence-electron chi connectivity index (χ2n) is 5.58. The Kier molecular flexibility index (Phi) is 5.37. The van der Waals surface area contributed by atoms with Crippen molar-refractivity contribution in [3.8, 4) is 6.07 Å². The number of nitrogens with zero attached hydrogens (tertiary/aromatic N) is 2. The minimum atomic E-state index is -0.456. The minimum Gasteiger partial charge on any atom is -0.384 e. The van der Waals surface area contributed by atoms with Crippen LogP contribution in [0.4, 0.5) is 10.1 Å². The van der Waals surface area contributed by atoms with Crippen LogP contribution in [0.25, 0.3) is 0 Å². The van der Waals surface area contributed by atoms with Gasteiger partial charge in [0.1, 0.15) is 17.4 Å². The maximum Gasteiger partial charge on any atom is 0.143 e. The molecule has 1 fully saturated rings. The second kappa shape index (κ2) is 7.25. The van der Waals surface area contributed by atoms with Gasteiger partial charge in [0.25, 0.3) is 0 Å². The summed E-state index contributed by atoms with van der Waals surface area (Å²) in [5, 5.41) is 12.1. The fraction of sp³-hybridized carbons (Fsp3) is 0.562. The summed E-state index contributed by atoms with van der Waals surface area (Å²) in [6.07, 6.45) is 3.58. The first-order valence-electron chi connectivity index (χ1n) is 7.35. The summed E-state index contributed by atoms with van der Waals surface area (Å²) in [5.74, 6) is 0.400. The maximum atomic E-state index is 13.4. The van der Waals surface area contributed by atoms with E-state index in [-0.39, 0.29) is 5.56 Å². The van der Waals surface area contributed by atoms with Crippen molar-refractivity contribution in [1.82, 2.24) is 4.90 Å². The van der Waals surface area contributed by atoms with E-state index in [2.05, 4.69) is 17.1 Å². The Morgan fingerprint density at radius 1 is 1.40 bits per heavy atom. The van der Waals surface area contributed by atoms with Crippen LogP contribution in [-0.4, -0.2) is 31.1 Å². The topological polar surface area (TPSA) is 39.1 Å². The summed E-state index contributed by atoms with van der Waals surface area (Å²) in [6, 6.07) is 6.61. The zero-order valence-corrected chi connectivity index (χ0v) is 12.0. The molecule has 0 spiro atoms. The van der Waals surface area contributed by atoms with Gasteiger partial charge in [0.15, 0.2) is 0 Å². The van der Waals surface area contributed by atoms with Crippen LogP contribution < -0.4 is 5.32 Å². The number of anilines is 1. The summed E-state index contributed by atoms with van der Waals surface area (Å²) in [5.41, 5.74) is 0.707. The van der Waals surface area contributed by atoms with E-state index in [9.17, 15) is 4.39 Å². The first-order chi connectivity index (χ1) is 9.70. The van der Waals surface area contributed by atoms with Gasteiger partial charge in [0, 0.05) is 6.54 Å². The number of nitrogens with one attached hydrogen (secondary N) is 1. The van der Waals surface area contributed by atoms with E-state index in [1.165, 1.54) is 32.0 Å². The monoisotopic (exact) mass is 275 g/mol. The Labute approximate surface area is 120 Å². The Bertz CT molecular complexity index is 473. The minimum absolute atomic E-state index is 0.110. The van der Waals surface area contributed by atoms with Crippen LogP contribution in [0.15, 0.2) is 18.2 Å². The van der Waals surface area contributed by atoms with Gasteiger partial charge in [-0.05, 0) is 56.9 Å². The zero-order chi connectivity index (χ0) is 14.4. The maximum absolute atomic E-state index is 13.4. The summed E-state index contributed by atoms with van der Waals surface area (Å²) < 4.78 is 13.4. The Hall–Kier alpha value is -1.60. The van der Waals surface area contributed by atoms with E-state index >= 15 is 0 Å². The van der Waals surface area contributed by atoms with Crippen LogP contribution in [0.5, 0.6) is 0 Å². The van der Waals surface area contributed by atoms with E-state index in [1.54, 1.807) is 12.1 Å². The van der Waals surface area contributed by atoms with E-state index < -0.39 is 5.82 Å². The Morgan fingerprint density at radius 2 is 2.15 bits per heavy atom. The molecule has 20 heavy (non-hydrogen) atoms. The first kappa shape index (κ1) is 14.8. The van der Waals surface area contributed by atoms with Gasteiger partial charge in [-0.3, -0.25) is 0 Å². The number of rotatable bonds is 5. The van der Waals surface area contributed by atoms with Crippen LogP contribution in [0.3, 0.4) is 0 Å². The third-order valence-corrected chi connectivity index (χ3v) is 3.97. The molecule has 1 aliphatic rings. The predicted octanol–water partition coefficient (Wildman–Crippen LogP) is 3.23. The van der Waals surface area contributed by atoms with E-state index in [4.69, 9.17) is 5.26 Å². The van der Waals surface area contributed by atoms with Crippen molar-refractivity contribution in [2.24, 2.45) is 5.92 Å². The lowest BCUT2D eigenvalue weighted by Crippen LogP contribution is -2.34. The standard InChI is InChI=1S/C16H22FN3/c1-13-6-10-20(11-7-13)9-3-8-19-16-5-2-4-15(17)14(16)12-18/h2,4-5,13,19H,3,6-11H2,1H3. The molecule has 1 aromatic carbocycles. The van der Waals surface area contributed by atoms with E-state index in [0.29, 0.717) is 5.69 Å². The van der Waals surface area contributed by atoms with E-state index in [0.717, 1.165) is 25.4 Å². The molecular formula is C16H22FN3. The summed E-state index contributed by atoms with van der Waals surface area (Å²) >= 11 is 0. The molecule has 0 aromatic heterocycles. The van der Waals surface area contributed by atoms with Gasteiger partial charge in [-0.15, -0.1) is 0 Å². The Balaban J connectivity index is 1.74. The molecule has 3 nitrogen and oxygen atoms in total. The fourth-order valence-corrected chi connectivity index (χ4v) is 2.60. The first-order valence-corrected chi connectivity index (χ1v) is 7.35. The summed E-state index contributed by atoms with van der Waals surface area (Å²) in [6.45, 7) is 6.52. The molecule has 0 saturated carbocycles. The number of hydrogen-bond donors (Lipinski definition) is 1. The molecule has 108 valence electrons. The molecule has 2 rings (SSSR count). The van der Waals surface area contributed by atoms with Crippen LogP contribution in [0.1, 0.15) is 31.7 Å². The highest BCUT2D eigenvalue weighted by atomic mass is 19.1. The third-order valence-electron chi connectivity index (χ3n) is 3.97. The van der Waals surface area contributed by atoms with Crippen LogP contribution in [0, 0.1) is 23.1 Å². The van der Waals surface area contributed by atoms with Crippen molar-refractivity contribution < 1.29 is 4.39 Å². The molecule has 1 aromatic rings. The van der Waals surface area contributed by atoms with Gasteiger partial charge in [-0.2, -0.15) is 5.26 Å². The van der Waals surface area contributed by atoms with Crippen molar-refractivity contribution >= 4 is 5.69 Å². The average Bonchev–Trinajstić information content (AvgIpc) is 2.45. The van der Waals surface area contributed by atoms with Crippen molar-refractivity contribution in [3.05, 3.63) is 29.6 Å². The molecule has 1 heterocycles. The largest absolute Gasteiger partial charge is 0.384 e. The zero-order valence-electron chi connectivity index (χ0n) is 12.0. The molecule has 1 N–H and O–H groups in total. The predicted molar refractivity (Wildman–Crippen MR) is 79.1 cm³/mol. The van der Waals surface area contributed by atoms with Crippen molar-refractivity contribution in [2.45, 2.75) is 26.2 Å². The normalized spacial score (nSPS) is 16.9. The smallest absolute Gasteiger partial charge is 0.143 e. The molecule has 0 atom stereocenters. The van der Waals surface area contributed by atoms with Gasteiger partial charge in [-0.1, -0.05) is 13.0 Å². The van der Waals surface area contributed by atoms with Crippen molar-refractivity contribution in [2.75, 3.05) is 31.5 Å². The van der Waals surface area contributed by atoms with Gasteiger partial charge in [-0.25, -0.2) is 4.39 Å². The van der Waals surface area contributed by atoms with Crippen molar-refractivity contribution in [1.29, 1.82) is 5.26 Å². The van der Waals surface area contributed by atoms with Crippen molar-refractivity contribution in [3.63, 3.8) is 0 Å². The summed E-state index contributed by atoms with van der Waals surface area (Å²) in [4.78, 5) is 2.48. The fourth-order valence-electron chi connectivity index (χ4n) is 2.60. The molecule has 4 heteroatoms. The average molecular weight is 275 g/mol. The van der Waals surface area contributed by atoms with Gasteiger partial charge < -0.3 is 10.2 Å². The van der Waals surface area contributed by atoms with Crippen LogP contribution in [-0.2, 0) is 0 Å². The molecule has 1 aliphatic heterocycles. The molecule has 0 aliphatic carbocycles. The molecule has 0 radical (unpaired) electrons. The molecule has 0 amide bonds.